The maximum Gasteiger partial charge on any atom is 0.253 e. The van der Waals surface area contributed by atoms with Crippen molar-refractivity contribution in [3.05, 3.63) is 29.8 Å². The lowest BCUT2D eigenvalue weighted by molar-refractivity contribution is -0.117. The number of carbonyl (C=O) groups excluding carboxylic acids is 2. The van der Waals surface area contributed by atoms with Gasteiger partial charge in [-0.2, -0.15) is 0 Å². The number of hydrogen-bond donors (Lipinski definition) is 0. The summed E-state index contributed by atoms with van der Waals surface area (Å²) in [5.41, 5.74) is 1.58. The number of carbonyl (C=O) groups is 2. The van der Waals surface area contributed by atoms with Gasteiger partial charge >= 0.3 is 0 Å². The molecule has 1 aromatic carbocycles. The molecule has 2 fully saturated rings. The van der Waals surface area contributed by atoms with Crippen molar-refractivity contribution in [2.24, 2.45) is 0 Å². The van der Waals surface area contributed by atoms with Crippen LogP contribution in [0.4, 0.5) is 5.69 Å². The fourth-order valence-corrected chi connectivity index (χ4v) is 3.37. The van der Waals surface area contributed by atoms with E-state index in [4.69, 9.17) is 0 Å². The summed E-state index contributed by atoms with van der Waals surface area (Å²) in [5, 5.41) is 0. The van der Waals surface area contributed by atoms with E-state index in [9.17, 15) is 9.59 Å². The van der Waals surface area contributed by atoms with Crippen LogP contribution < -0.4 is 4.90 Å². The van der Waals surface area contributed by atoms with Gasteiger partial charge in [0.05, 0.1) is 0 Å². The zero-order chi connectivity index (χ0) is 14.1. The van der Waals surface area contributed by atoms with Gasteiger partial charge in [0.15, 0.2) is 0 Å². The third kappa shape index (κ3) is 2.59. The van der Waals surface area contributed by atoms with Gasteiger partial charge < -0.3 is 9.80 Å². The number of nitrogens with zero attached hydrogens (tertiary/aromatic N) is 2. The van der Waals surface area contributed by atoms with Crippen LogP contribution in [0.2, 0.25) is 0 Å². The molecule has 2 aliphatic rings. The molecule has 1 atom stereocenters. The van der Waals surface area contributed by atoms with Gasteiger partial charge in [0, 0.05) is 42.1 Å². The van der Waals surface area contributed by atoms with E-state index < -0.39 is 0 Å². The molecule has 5 heteroatoms. The highest BCUT2D eigenvalue weighted by atomic mass is 79.9. The Morgan fingerprint density at radius 3 is 2.35 bits per heavy atom. The molecule has 106 valence electrons. The van der Waals surface area contributed by atoms with Gasteiger partial charge in [0.1, 0.15) is 0 Å². The largest absolute Gasteiger partial charge is 0.339 e. The fourth-order valence-electron chi connectivity index (χ4n) is 2.80. The summed E-state index contributed by atoms with van der Waals surface area (Å²) in [5.74, 6) is 0.227. The Hall–Kier alpha value is -1.36. The summed E-state index contributed by atoms with van der Waals surface area (Å²) in [6.07, 6.45) is 2.73. The number of rotatable bonds is 2. The zero-order valence-corrected chi connectivity index (χ0v) is 12.8. The molecule has 4 nitrogen and oxygen atoms in total. The lowest BCUT2D eigenvalue weighted by atomic mass is 10.1. The van der Waals surface area contributed by atoms with Crippen molar-refractivity contribution in [2.45, 2.75) is 24.1 Å². The first kappa shape index (κ1) is 13.6. The summed E-state index contributed by atoms with van der Waals surface area (Å²) in [6.45, 7) is 2.41. The second kappa shape index (κ2) is 5.56. The van der Waals surface area contributed by atoms with E-state index in [-0.39, 0.29) is 16.6 Å². The second-order valence-electron chi connectivity index (χ2n) is 5.35. The molecule has 0 bridgehead atoms. The molecule has 2 heterocycles. The highest BCUT2D eigenvalue weighted by Gasteiger charge is 2.29. The molecule has 1 aromatic rings. The first-order valence-corrected chi connectivity index (χ1v) is 7.90. The first-order chi connectivity index (χ1) is 9.65. The average molecular weight is 337 g/mol. The molecular weight excluding hydrogens is 320 g/mol. The maximum atomic E-state index is 12.2. The van der Waals surface area contributed by atoms with Crippen LogP contribution in [0.1, 0.15) is 29.6 Å². The van der Waals surface area contributed by atoms with Crippen LogP contribution in [0.5, 0.6) is 0 Å². The maximum absolute atomic E-state index is 12.2. The Kier molecular flexibility index (Phi) is 3.78. The van der Waals surface area contributed by atoms with Crippen molar-refractivity contribution in [3.63, 3.8) is 0 Å². The van der Waals surface area contributed by atoms with Gasteiger partial charge in [-0.05, 0) is 37.1 Å². The molecule has 3 rings (SSSR count). The molecule has 0 aromatic heterocycles. The number of hydrogen-bond acceptors (Lipinski definition) is 2. The normalized spacial score (nSPS) is 22.6. The van der Waals surface area contributed by atoms with Crippen LogP contribution in [0.15, 0.2) is 24.3 Å². The van der Waals surface area contributed by atoms with Crippen molar-refractivity contribution in [3.8, 4) is 0 Å². The molecule has 0 aliphatic carbocycles. The Morgan fingerprint density at radius 1 is 1.15 bits per heavy atom. The Bertz CT molecular complexity index is 523. The quantitative estimate of drug-likeness (QED) is 0.778. The fraction of sp³-hybridized carbons (Fsp3) is 0.467. The summed E-state index contributed by atoms with van der Waals surface area (Å²) in [7, 11) is 0. The molecule has 0 N–H and O–H groups in total. The first-order valence-electron chi connectivity index (χ1n) is 6.99. The summed E-state index contributed by atoms with van der Waals surface area (Å²) in [6, 6.07) is 7.38. The zero-order valence-electron chi connectivity index (χ0n) is 11.2. The van der Waals surface area contributed by atoms with Gasteiger partial charge in [-0.15, -0.1) is 0 Å². The van der Waals surface area contributed by atoms with E-state index in [1.165, 1.54) is 0 Å². The van der Waals surface area contributed by atoms with Crippen molar-refractivity contribution in [1.29, 1.82) is 0 Å². The van der Waals surface area contributed by atoms with E-state index in [2.05, 4.69) is 15.9 Å². The van der Waals surface area contributed by atoms with E-state index in [0.29, 0.717) is 18.5 Å². The monoisotopic (exact) mass is 336 g/mol. The summed E-state index contributed by atoms with van der Waals surface area (Å²) < 4.78 is 0. The minimum atomic E-state index is 0.0974. The highest BCUT2D eigenvalue weighted by molar-refractivity contribution is 9.09. The van der Waals surface area contributed by atoms with E-state index >= 15 is 0 Å². The van der Waals surface area contributed by atoms with E-state index in [1.807, 2.05) is 29.2 Å². The third-order valence-corrected chi connectivity index (χ3v) is 4.51. The summed E-state index contributed by atoms with van der Waals surface area (Å²) in [4.78, 5) is 28.0. The molecule has 0 radical (unpaired) electrons. The predicted octanol–water partition coefficient (Wildman–Crippen LogP) is 2.42. The Labute approximate surface area is 126 Å². The van der Waals surface area contributed by atoms with Crippen molar-refractivity contribution in [2.75, 3.05) is 24.5 Å². The van der Waals surface area contributed by atoms with Crippen LogP contribution >= 0.6 is 15.9 Å². The van der Waals surface area contributed by atoms with Gasteiger partial charge in [-0.1, -0.05) is 15.9 Å². The van der Waals surface area contributed by atoms with Crippen molar-refractivity contribution < 1.29 is 9.59 Å². The predicted molar refractivity (Wildman–Crippen MR) is 81.3 cm³/mol. The van der Waals surface area contributed by atoms with E-state index in [1.54, 1.807) is 4.90 Å². The SMILES string of the molecule is O=C(c1ccc(N2CC(Br)CC2=O)cc1)N1CCCC1. The standard InChI is InChI=1S/C15H17BrN2O2/c16-12-9-14(19)18(10-12)13-5-3-11(4-6-13)15(20)17-7-1-2-8-17/h3-6,12H,1-2,7-10H2. The number of halogens is 1. The molecule has 1 unspecified atom stereocenters. The number of amides is 2. The van der Waals surface area contributed by atoms with Crippen LogP contribution in [-0.2, 0) is 4.79 Å². The number of anilines is 1. The second-order valence-corrected chi connectivity index (χ2v) is 6.65. The Morgan fingerprint density at radius 2 is 1.80 bits per heavy atom. The molecule has 0 spiro atoms. The third-order valence-electron chi connectivity index (χ3n) is 3.90. The number of alkyl halides is 1. The topological polar surface area (TPSA) is 40.6 Å². The lowest BCUT2D eigenvalue weighted by Gasteiger charge is -2.18. The Balaban J connectivity index is 1.74. The number of benzene rings is 1. The smallest absolute Gasteiger partial charge is 0.253 e. The molecule has 20 heavy (non-hydrogen) atoms. The minimum absolute atomic E-state index is 0.0974. The van der Waals surface area contributed by atoms with Gasteiger partial charge in [0.25, 0.3) is 5.91 Å². The van der Waals surface area contributed by atoms with Crippen LogP contribution in [0.25, 0.3) is 0 Å². The van der Waals surface area contributed by atoms with E-state index in [0.717, 1.165) is 31.6 Å². The summed E-state index contributed by atoms with van der Waals surface area (Å²) >= 11 is 3.48. The number of likely N-dealkylation sites (tertiary alicyclic amines) is 1. The van der Waals surface area contributed by atoms with Crippen LogP contribution in [-0.4, -0.2) is 41.2 Å². The molecule has 0 saturated carbocycles. The minimum Gasteiger partial charge on any atom is -0.339 e. The van der Waals surface area contributed by atoms with Crippen molar-refractivity contribution >= 4 is 33.4 Å². The molecule has 2 saturated heterocycles. The highest BCUT2D eigenvalue weighted by Crippen LogP contribution is 2.25. The molecular formula is C15H17BrN2O2. The average Bonchev–Trinajstić information content (AvgIpc) is 3.08. The van der Waals surface area contributed by atoms with Gasteiger partial charge in [-0.3, -0.25) is 9.59 Å². The van der Waals surface area contributed by atoms with Crippen LogP contribution in [0.3, 0.4) is 0 Å². The molecule has 2 amide bonds. The van der Waals surface area contributed by atoms with Crippen molar-refractivity contribution in [1.82, 2.24) is 4.90 Å². The van der Waals surface area contributed by atoms with Gasteiger partial charge in [0.2, 0.25) is 5.91 Å². The van der Waals surface area contributed by atoms with Crippen LogP contribution in [0, 0.1) is 0 Å². The lowest BCUT2D eigenvalue weighted by Crippen LogP contribution is -2.28. The molecule has 2 aliphatic heterocycles. The van der Waals surface area contributed by atoms with Gasteiger partial charge in [-0.25, -0.2) is 0 Å².